The van der Waals surface area contributed by atoms with Crippen LogP contribution in [0.25, 0.3) is 11.3 Å². The summed E-state index contributed by atoms with van der Waals surface area (Å²) in [7, 11) is 0. The highest BCUT2D eigenvalue weighted by Crippen LogP contribution is 2.23. The van der Waals surface area contributed by atoms with Crippen molar-refractivity contribution in [2.75, 3.05) is 42.9 Å². The maximum absolute atomic E-state index is 14.3. The van der Waals surface area contributed by atoms with Gasteiger partial charge < -0.3 is 10.2 Å². The van der Waals surface area contributed by atoms with Crippen LogP contribution in [0.2, 0.25) is 0 Å². The van der Waals surface area contributed by atoms with Gasteiger partial charge in [-0.15, -0.1) is 0 Å². The summed E-state index contributed by atoms with van der Waals surface area (Å²) in [5.41, 5.74) is 1.93. The van der Waals surface area contributed by atoms with Crippen LogP contribution in [0.5, 0.6) is 0 Å². The van der Waals surface area contributed by atoms with Gasteiger partial charge in [0.25, 0.3) is 0 Å². The Morgan fingerprint density at radius 2 is 1.88 bits per heavy atom. The van der Waals surface area contributed by atoms with Crippen molar-refractivity contribution in [2.45, 2.75) is 39.7 Å². The molecule has 0 spiro atoms. The van der Waals surface area contributed by atoms with E-state index in [2.05, 4.69) is 42.1 Å². The largest absolute Gasteiger partial charge is 0.368 e. The Labute approximate surface area is 188 Å². The Morgan fingerprint density at radius 1 is 1.06 bits per heavy atom. The molecule has 1 N–H and O–H groups in total. The zero-order chi connectivity index (χ0) is 22.5. The van der Waals surface area contributed by atoms with Crippen LogP contribution in [0.3, 0.4) is 0 Å². The fourth-order valence-electron chi connectivity index (χ4n) is 3.75. The van der Waals surface area contributed by atoms with Crippen LogP contribution in [0.1, 0.15) is 39.7 Å². The molecule has 4 rings (SSSR count). The lowest BCUT2D eigenvalue weighted by Crippen LogP contribution is -2.46. The summed E-state index contributed by atoms with van der Waals surface area (Å²) >= 11 is 0. The molecule has 1 aliphatic heterocycles. The number of piperazine rings is 1. The van der Waals surface area contributed by atoms with Crippen molar-refractivity contribution in [1.29, 1.82) is 0 Å². The fraction of sp³-hybridized carbons (Fsp3) is 0.478. The molecule has 9 heteroatoms. The number of hydrogen-bond donors (Lipinski definition) is 1. The van der Waals surface area contributed by atoms with Crippen molar-refractivity contribution >= 4 is 17.5 Å². The molecule has 8 nitrogen and oxygen atoms in total. The molecule has 1 aliphatic rings. The summed E-state index contributed by atoms with van der Waals surface area (Å²) in [6, 6.07) is 4.14. The zero-order valence-corrected chi connectivity index (χ0v) is 19.0. The van der Waals surface area contributed by atoms with Crippen LogP contribution < -0.4 is 10.2 Å². The summed E-state index contributed by atoms with van der Waals surface area (Å²) in [5, 5.41) is 7.35. The highest BCUT2D eigenvalue weighted by molar-refractivity contribution is 5.61. The molecule has 0 radical (unpaired) electrons. The van der Waals surface area contributed by atoms with E-state index in [4.69, 9.17) is 0 Å². The number of hydrogen-bond acceptors (Lipinski definition) is 7. The standard InChI is InChI=1S/C23H31FN8/c1-4-5-8-30-9-11-31(12-10-30)19-6-7-21(25-14-19)28-23-26-15-20(24)22(29-23)18-13-27-32(16-18)17(2)3/h6-7,13-17H,4-5,8-12H2,1-3H3,(H,25,26,28,29). The van der Waals surface area contributed by atoms with E-state index in [1.165, 1.54) is 25.6 Å². The second-order valence-corrected chi connectivity index (χ2v) is 8.40. The highest BCUT2D eigenvalue weighted by Gasteiger charge is 2.17. The first-order valence-electron chi connectivity index (χ1n) is 11.3. The third-order valence-corrected chi connectivity index (χ3v) is 5.70. The summed E-state index contributed by atoms with van der Waals surface area (Å²) in [6.45, 7) is 11.6. The summed E-state index contributed by atoms with van der Waals surface area (Å²) < 4.78 is 16.1. The molecule has 0 saturated carbocycles. The lowest BCUT2D eigenvalue weighted by atomic mass is 10.2. The number of nitrogens with one attached hydrogen (secondary N) is 1. The van der Waals surface area contributed by atoms with Gasteiger partial charge in [0.1, 0.15) is 11.5 Å². The van der Waals surface area contributed by atoms with Gasteiger partial charge in [0.05, 0.1) is 24.3 Å². The lowest BCUT2D eigenvalue weighted by Gasteiger charge is -2.35. The number of rotatable bonds is 8. The molecular weight excluding hydrogens is 407 g/mol. The van der Waals surface area contributed by atoms with Gasteiger partial charge in [0.2, 0.25) is 5.95 Å². The van der Waals surface area contributed by atoms with Crippen molar-refractivity contribution in [3.8, 4) is 11.3 Å². The van der Waals surface area contributed by atoms with E-state index in [0.29, 0.717) is 17.3 Å². The molecule has 0 amide bonds. The zero-order valence-electron chi connectivity index (χ0n) is 19.0. The van der Waals surface area contributed by atoms with E-state index in [-0.39, 0.29) is 11.7 Å². The number of halogens is 1. The second kappa shape index (κ2) is 10.0. The van der Waals surface area contributed by atoms with Gasteiger partial charge in [-0.3, -0.25) is 9.58 Å². The molecule has 0 atom stereocenters. The minimum atomic E-state index is -0.486. The minimum Gasteiger partial charge on any atom is -0.368 e. The number of anilines is 3. The average molecular weight is 439 g/mol. The smallest absolute Gasteiger partial charge is 0.229 e. The van der Waals surface area contributed by atoms with Crippen molar-refractivity contribution in [1.82, 2.24) is 29.6 Å². The quantitative estimate of drug-likeness (QED) is 0.567. The molecule has 0 unspecified atom stereocenters. The molecule has 3 aromatic heterocycles. The van der Waals surface area contributed by atoms with Gasteiger partial charge in [0, 0.05) is 44.0 Å². The molecule has 32 heavy (non-hydrogen) atoms. The third kappa shape index (κ3) is 5.21. The van der Waals surface area contributed by atoms with E-state index in [9.17, 15) is 4.39 Å². The van der Waals surface area contributed by atoms with E-state index in [0.717, 1.165) is 31.9 Å². The lowest BCUT2D eigenvalue weighted by molar-refractivity contribution is 0.254. The van der Waals surface area contributed by atoms with Gasteiger partial charge in [0.15, 0.2) is 5.82 Å². The van der Waals surface area contributed by atoms with Gasteiger partial charge >= 0.3 is 0 Å². The van der Waals surface area contributed by atoms with Crippen LogP contribution in [0.4, 0.5) is 21.8 Å². The first kappa shape index (κ1) is 22.1. The molecule has 1 saturated heterocycles. The number of unbranched alkanes of at least 4 members (excludes halogenated alkanes) is 1. The fourth-order valence-corrected chi connectivity index (χ4v) is 3.75. The van der Waals surface area contributed by atoms with E-state index >= 15 is 0 Å². The van der Waals surface area contributed by atoms with Crippen LogP contribution >= 0.6 is 0 Å². The minimum absolute atomic E-state index is 0.188. The van der Waals surface area contributed by atoms with Crippen molar-refractivity contribution in [3.63, 3.8) is 0 Å². The van der Waals surface area contributed by atoms with Crippen molar-refractivity contribution in [3.05, 3.63) is 42.7 Å². The van der Waals surface area contributed by atoms with Crippen LogP contribution in [-0.2, 0) is 0 Å². The Morgan fingerprint density at radius 3 is 2.53 bits per heavy atom. The number of nitrogens with zero attached hydrogens (tertiary/aromatic N) is 7. The number of aromatic nitrogens is 5. The first-order valence-corrected chi connectivity index (χ1v) is 11.3. The van der Waals surface area contributed by atoms with Crippen LogP contribution in [0, 0.1) is 5.82 Å². The van der Waals surface area contributed by atoms with Crippen LogP contribution in [-0.4, -0.2) is 62.4 Å². The SMILES string of the molecule is CCCCN1CCN(c2ccc(Nc3ncc(F)c(-c4cnn(C(C)C)c4)n3)nc2)CC1. The molecule has 0 aromatic carbocycles. The van der Waals surface area contributed by atoms with E-state index in [1.807, 2.05) is 32.2 Å². The average Bonchev–Trinajstić information content (AvgIpc) is 3.30. The Kier molecular flexibility index (Phi) is 6.94. The second-order valence-electron chi connectivity index (χ2n) is 8.40. The van der Waals surface area contributed by atoms with Gasteiger partial charge in [-0.05, 0) is 38.9 Å². The molecular formula is C23H31FN8. The Hall–Kier alpha value is -3.07. The monoisotopic (exact) mass is 438 g/mol. The van der Waals surface area contributed by atoms with Crippen LogP contribution in [0.15, 0.2) is 36.9 Å². The van der Waals surface area contributed by atoms with Gasteiger partial charge in [-0.1, -0.05) is 13.3 Å². The summed E-state index contributed by atoms with van der Waals surface area (Å²) in [5.74, 6) is 0.425. The first-order chi connectivity index (χ1) is 15.5. The maximum Gasteiger partial charge on any atom is 0.229 e. The molecule has 170 valence electrons. The van der Waals surface area contributed by atoms with E-state index < -0.39 is 5.82 Å². The topological polar surface area (TPSA) is 75.0 Å². The molecule has 0 aliphatic carbocycles. The Bertz CT molecular complexity index is 1010. The van der Waals surface area contributed by atoms with E-state index in [1.54, 1.807) is 17.1 Å². The van der Waals surface area contributed by atoms with Crippen molar-refractivity contribution in [2.24, 2.45) is 0 Å². The predicted molar refractivity (Wildman–Crippen MR) is 125 cm³/mol. The molecule has 0 bridgehead atoms. The predicted octanol–water partition coefficient (Wildman–Crippen LogP) is 4.12. The van der Waals surface area contributed by atoms with Crippen molar-refractivity contribution < 1.29 is 4.39 Å². The molecule has 1 fully saturated rings. The third-order valence-electron chi connectivity index (χ3n) is 5.70. The highest BCUT2D eigenvalue weighted by atomic mass is 19.1. The summed E-state index contributed by atoms with van der Waals surface area (Å²) in [4.78, 5) is 17.8. The maximum atomic E-state index is 14.3. The number of pyridine rings is 1. The molecule has 3 aromatic rings. The molecule has 4 heterocycles. The summed E-state index contributed by atoms with van der Waals surface area (Å²) in [6.07, 6.45) is 8.93. The van der Waals surface area contributed by atoms with Gasteiger partial charge in [-0.2, -0.15) is 5.10 Å². The van der Waals surface area contributed by atoms with Gasteiger partial charge in [-0.25, -0.2) is 19.3 Å². The Balaban J connectivity index is 1.40. The normalized spacial score (nSPS) is 14.8.